The van der Waals surface area contributed by atoms with Gasteiger partial charge in [0.15, 0.2) is 5.52 Å². The van der Waals surface area contributed by atoms with Crippen molar-refractivity contribution in [3.8, 4) is 17.1 Å². The van der Waals surface area contributed by atoms with E-state index in [0.29, 0.717) is 37.8 Å². The molecule has 1 saturated heterocycles. The third-order valence-corrected chi connectivity index (χ3v) is 8.44. The van der Waals surface area contributed by atoms with Gasteiger partial charge in [-0.3, -0.25) is 9.48 Å². The molecule has 4 rings (SSSR count). The Morgan fingerprint density at radius 3 is 2.68 bits per heavy atom. The normalized spacial score (nSPS) is 16.9. The number of aliphatic hydroxyl groups is 2. The van der Waals surface area contributed by atoms with Gasteiger partial charge in [-0.05, 0) is 57.5 Å². The van der Waals surface area contributed by atoms with Crippen LogP contribution in [-0.2, 0) is 22.9 Å². The number of hydrogen-bond acceptors (Lipinski definition) is 9. The topological polar surface area (TPSA) is 163 Å². The number of H-pyrrole nitrogens is 1. The number of sulfonamides is 1. The van der Waals surface area contributed by atoms with Crippen molar-refractivity contribution in [2.75, 3.05) is 26.7 Å². The molecule has 0 aliphatic carbocycles. The second kappa shape index (κ2) is 11.1. The highest BCUT2D eigenvalue weighted by Gasteiger charge is 2.32. The van der Waals surface area contributed by atoms with Crippen LogP contribution < -0.4 is 15.0 Å². The second-order valence-electron chi connectivity index (χ2n) is 9.72. The van der Waals surface area contributed by atoms with Crippen LogP contribution in [0.5, 0.6) is 5.75 Å². The number of aryl methyl sites for hydroxylation is 1. The van der Waals surface area contributed by atoms with E-state index in [2.05, 4.69) is 24.7 Å². The molecule has 0 radical (unpaired) electrons. The van der Waals surface area contributed by atoms with Gasteiger partial charge in [0.1, 0.15) is 22.8 Å². The maximum absolute atomic E-state index is 13.2. The molecule has 0 bridgehead atoms. The maximum atomic E-state index is 13.2. The van der Waals surface area contributed by atoms with Crippen LogP contribution >= 0.6 is 0 Å². The number of hydrogen-bond donors (Lipinski definition) is 4. The fourth-order valence-electron chi connectivity index (χ4n) is 4.73. The molecule has 1 aromatic carbocycles. The zero-order valence-corrected chi connectivity index (χ0v) is 23.0. The van der Waals surface area contributed by atoms with Crippen LogP contribution in [0.25, 0.3) is 22.4 Å². The van der Waals surface area contributed by atoms with E-state index in [-0.39, 0.29) is 39.4 Å². The first-order chi connectivity index (χ1) is 18.0. The first-order valence-electron chi connectivity index (χ1n) is 12.9. The van der Waals surface area contributed by atoms with Gasteiger partial charge in [0, 0.05) is 26.1 Å². The monoisotopic (exact) mass is 548 g/mol. The number of aromatic amines is 1. The molecule has 3 aromatic rings. The molecule has 13 heteroatoms. The van der Waals surface area contributed by atoms with Crippen molar-refractivity contribution in [2.24, 2.45) is 7.05 Å². The van der Waals surface area contributed by atoms with Crippen LogP contribution in [0, 0.1) is 0 Å². The lowest BCUT2D eigenvalue weighted by atomic mass is 10.1. The summed E-state index contributed by atoms with van der Waals surface area (Å²) in [5, 5.41) is 25.1. The number of rotatable bonds is 11. The smallest absolute Gasteiger partial charge is 0.277 e. The summed E-state index contributed by atoms with van der Waals surface area (Å²) in [6.45, 7) is 5.18. The highest BCUT2D eigenvalue weighted by Crippen LogP contribution is 2.32. The van der Waals surface area contributed by atoms with Gasteiger partial charge in [-0.25, -0.2) is 18.1 Å². The van der Waals surface area contributed by atoms with Gasteiger partial charge in [0.05, 0.1) is 17.1 Å². The number of ether oxygens (including phenoxy) is 1. The molecule has 1 atom stereocenters. The quantitative estimate of drug-likeness (QED) is 0.260. The zero-order valence-electron chi connectivity index (χ0n) is 22.2. The SMILES string of the molecule is CCCOc1ccc(S(=O)(=O)NCCC2CCCN2C)cc1-c1nc2c(C(O)(O)CC)nn(C)c2c(=O)[nH]1. The average Bonchev–Trinajstić information content (AvgIpc) is 3.45. The molecule has 12 nitrogen and oxygen atoms in total. The number of aromatic nitrogens is 4. The van der Waals surface area contributed by atoms with E-state index < -0.39 is 21.4 Å². The molecule has 2 aromatic heterocycles. The standard InChI is InChI=1S/C25H36N6O6S/c1-5-14-37-19-10-9-17(38(35,36)26-12-11-16-8-7-13-30(16)3)15-18(19)23-27-20-21(24(32)28-23)31(4)29-22(20)25(33,34)6-2/h9-10,15-16,26,33-34H,5-8,11-14H2,1-4H3,(H,27,28,32). The van der Waals surface area contributed by atoms with E-state index >= 15 is 0 Å². The van der Waals surface area contributed by atoms with Gasteiger partial charge < -0.3 is 24.8 Å². The van der Waals surface area contributed by atoms with Gasteiger partial charge in [-0.15, -0.1) is 0 Å². The van der Waals surface area contributed by atoms with Gasteiger partial charge >= 0.3 is 0 Å². The minimum atomic E-state index is -3.86. The number of nitrogens with one attached hydrogen (secondary N) is 2. The van der Waals surface area contributed by atoms with E-state index in [0.717, 1.165) is 19.4 Å². The van der Waals surface area contributed by atoms with Crippen molar-refractivity contribution in [2.45, 2.75) is 62.7 Å². The minimum absolute atomic E-state index is 0.00231. The van der Waals surface area contributed by atoms with Crippen LogP contribution in [0.2, 0.25) is 0 Å². The highest BCUT2D eigenvalue weighted by molar-refractivity contribution is 7.89. The minimum Gasteiger partial charge on any atom is -0.493 e. The number of benzene rings is 1. The van der Waals surface area contributed by atoms with E-state index in [1.165, 1.54) is 29.9 Å². The molecular formula is C25H36N6O6S. The van der Waals surface area contributed by atoms with E-state index in [4.69, 9.17) is 4.74 Å². The Morgan fingerprint density at radius 1 is 1.26 bits per heavy atom. The molecule has 3 heterocycles. The first kappa shape index (κ1) is 28.2. The fourth-order valence-corrected chi connectivity index (χ4v) is 5.80. The summed E-state index contributed by atoms with van der Waals surface area (Å²) in [6, 6.07) is 4.74. The molecular weight excluding hydrogens is 512 g/mol. The maximum Gasteiger partial charge on any atom is 0.277 e. The fraction of sp³-hybridized carbons (Fsp3) is 0.560. The number of fused-ring (bicyclic) bond motifs is 1. The summed E-state index contributed by atoms with van der Waals surface area (Å²) in [6.07, 6.45) is 3.49. The third kappa shape index (κ3) is 5.61. The lowest BCUT2D eigenvalue weighted by Crippen LogP contribution is -2.31. The molecule has 1 aliphatic rings. The van der Waals surface area contributed by atoms with E-state index in [1.54, 1.807) is 6.92 Å². The van der Waals surface area contributed by atoms with Crippen LogP contribution in [0.4, 0.5) is 0 Å². The third-order valence-electron chi connectivity index (χ3n) is 6.98. The highest BCUT2D eigenvalue weighted by atomic mass is 32.2. The van der Waals surface area contributed by atoms with Crippen molar-refractivity contribution in [3.63, 3.8) is 0 Å². The summed E-state index contributed by atoms with van der Waals surface area (Å²) in [7, 11) is -0.310. The van der Waals surface area contributed by atoms with Crippen LogP contribution in [0.3, 0.4) is 0 Å². The van der Waals surface area contributed by atoms with Gasteiger partial charge in [0.2, 0.25) is 15.8 Å². The second-order valence-corrected chi connectivity index (χ2v) is 11.5. The molecule has 4 N–H and O–H groups in total. The molecule has 0 saturated carbocycles. The Kier molecular flexibility index (Phi) is 8.23. The Hall–Kier alpha value is -2.84. The van der Waals surface area contributed by atoms with Gasteiger partial charge in [0.25, 0.3) is 5.56 Å². The first-order valence-corrected chi connectivity index (χ1v) is 14.4. The summed E-state index contributed by atoms with van der Waals surface area (Å²) >= 11 is 0. The van der Waals surface area contributed by atoms with E-state index in [1.807, 2.05) is 14.0 Å². The van der Waals surface area contributed by atoms with Gasteiger partial charge in [-0.1, -0.05) is 13.8 Å². The lowest BCUT2D eigenvalue weighted by Gasteiger charge is -2.19. The van der Waals surface area contributed by atoms with Crippen molar-refractivity contribution >= 4 is 21.1 Å². The molecule has 1 unspecified atom stereocenters. The largest absolute Gasteiger partial charge is 0.493 e. The molecule has 0 spiro atoms. The van der Waals surface area contributed by atoms with Crippen molar-refractivity contribution in [3.05, 3.63) is 34.2 Å². The summed E-state index contributed by atoms with van der Waals surface area (Å²) < 4.78 is 36.1. The van der Waals surface area contributed by atoms with Crippen molar-refractivity contribution < 1.29 is 23.4 Å². The Labute approximate surface area is 221 Å². The lowest BCUT2D eigenvalue weighted by molar-refractivity contribution is -0.173. The van der Waals surface area contributed by atoms with Crippen LogP contribution in [0.15, 0.2) is 27.9 Å². The predicted molar refractivity (Wildman–Crippen MR) is 142 cm³/mol. The van der Waals surface area contributed by atoms with E-state index in [9.17, 15) is 23.4 Å². The number of likely N-dealkylation sites (tertiary alicyclic amines) is 1. The van der Waals surface area contributed by atoms with Crippen LogP contribution in [0.1, 0.15) is 51.6 Å². The summed E-state index contributed by atoms with van der Waals surface area (Å²) in [5.41, 5.74) is -0.409. The molecule has 1 fully saturated rings. The molecule has 38 heavy (non-hydrogen) atoms. The Morgan fingerprint density at radius 2 is 2.03 bits per heavy atom. The zero-order chi connectivity index (χ0) is 27.7. The molecule has 208 valence electrons. The molecule has 0 amide bonds. The predicted octanol–water partition coefficient (Wildman–Crippen LogP) is 1.42. The van der Waals surface area contributed by atoms with Gasteiger partial charge in [-0.2, -0.15) is 5.10 Å². The Balaban J connectivity index is 1.75. The van der Waals surface area contributed by atoms with Crippen LogP contribution in [-0.4, -0.2) is 76.1 Å². The van der Waals surface area contributed by atoms with Crippen molar-refractivity contribution in [1.82, 2.24) is 29.4 Å². The van der Waals surface area contributed by atoms with Crippen molar-refractivity contribution in [1.29, 1.82) is 0 Å². The summed E-state index contributed by atoms with van der Waals surface area (Å²) in [4.78, 5) is 22.4. The molecule has 1 aliphatic heterocycles. The summed E-state index contributed by atoms with van der Waals surface area (Å²) in [5.74, 6) is -1.94. The Bertz CT molecular complexity index is 1460. The number of nitrogens with zero attached hydrogens (tertiary/aromatic N) is 4. The average molecular weight is 549 g/mol.